The molecule has 25 heavy (non-hydrogen) atoms. The van der Waals surface area contributed by atoms with E-state index in [1.165, 1.54) is 17.5 Å². The largest absolute Gasteiger partial charge is 0.497 e. The molecule has 0 radical (unpaired) electrons. The molecule has 2 aromatic rings. The summed E-state index contributed by atoms with van der Waals surface area (Å²) in [6.45, 7) is 4.17. The lowest BCUT2D eigenvalue weighted by Gasteiger charge is -2.30. The van der Waals surface area contributed by atoms with Crippen molar-refractivity contribution in [2.45, 2.75) is 44.8 Å². The van der Waals surface area contributed by atoms with Gasteiger partial charge >= 0.3 is 0 Å². The molecule has 3 rings (SSSR count). The van der Waals surface area contributed by atoms with Crippen LogP contribution in [0.1, 0.15) is 42.6 Å². The summed E-state index contributed by atoms with van der Waals surface area (Å²) < 4.78 is 5.34. The lowest BCUT2D eigenvalue weighted by molar-refractivity contribution is 0.0635. The van der Waals surface area contributed by atoms with E-state index in [1.807, 2.05) is 12.1 Å². The van der Waals surface area contributed by atoms with Crippen LogP contribution in [0.4, 0.5) is 0 Å². The normalized spacial score (nSPS) is 20.8. The van der Waals surface area contributed by atoms with Crippen LogP contribution in [0.3, 0.4) is 0 Å². The van der Waals surface area contributed by atoms with Crippen molar-refractivity contribution in [2.24, 2.45) is 0 Å². The molecular weight excluding hydrogens is 310 g/mol. The van der Waals surface area contributed by atoms with E-state index >= 15 is 0 Å². The zero-order valence-corrected chi connectivity index (χ0v) is 15.3. The van der Waals surface area contributed by atoms with Crippen molar-refractivity contribution in [3.63, 3.8) is 0 Å². The number of nitrogens with zero attached hydrogens (tertiary/aromatic N) is 1. The highest BCUT2D eigenvalue weighted by Crippen LogP contribution is 2.31. The molecule has 3 heteroatoms. The van der Waals surface area contributed by atoms with E-state index in [0.29, 0.717) is 0 Å². The molecule has 0 saturated heterocycles. The summed E-state index contributed by atoms with van der Waals surface area (Å²) in [5, 5.41) is 10.8. The molecule has 0 bridgehead atoms. The standard InChI is InChI=1S/C22H29NO2/c1-17-22(24)21-12-11-20(25-2)16-19(21)13-15-23(17)14-7-6-10-18-8-4-3-5-9-18/h3-5,8-9,11-12,16-17,22,24H,6-7,10,13-15H2,1-2H3. The Balaban J connectivity index is 1.57. The van der Waals surface area contributed by atoms with Gasteiger partial charge < -0.3 is 9.84 Å². The van der Waals surface area contributed by atoms with Gasteiger partial charge in [-0.3, -0.25) is 4.90 Å². The first-order chi connectivity index (χ1) is 12.2. The average molecular weight is 339 g/mol. The SMILES string of the molecule is COc1ccc2c(c1)CCN(CCCCc1ccccc1)C(C)C2O. The van der Waals surface area contributed by atoms with Crippen LogP contribution in [-0.2, 0) is 12.8 Å². The highest BCUT2D eigenvalue weighted by molar-refractivity contribution is 5.38. The van der Waals surface area contributed by atoms with E-state index in [1.54, 1.807) is 7.11 Å². The Labute approximate surface area is 151 Å². The van der Waals surface area contributed by atoms with Crippen molar-refractivity contribution in [3.05, 3.63) is 65.2 Å². The number of hydrogen-bond donors (Lipinski definition) is 1. The molecule has 1 aliphatic heterocycles. The van der Waals surface area contributed by atoms with Crippen LogP contribution in [0.2, 0.25) is 0 Å². The van der Waals surface area contributed by atoms with Gasteiger partial charge in [0.2, 0.25) is 0 Å². The molecule has 0 aliphatic carbocycles. The van der Waals surface area contributed by atoms with Gasteiger partial charge in [0.15, 0.2) is 0 Å². The lowest BCUT2D eigenvalue weighted by atomic mass is 9.98. The molecule has 0 saturated carbocycles. The van der Waals surface area contributed by atoms with Gasteiger partial charge in [0.05, 0.1) is 13.2 Å². The zero-order chi connectivity index (χ0) is 17.6. The fourth-order valence-corrected chi connectivity index (χ4v) is 3.75. The molecule has 0 amide bonds. The van der Waals surface area contributed by atoms with Gasteiger partial charge in [0.1, 0.15) is 5.75 Å². The maximum atomic E-state index is 10.8. The molecule has 0 fully saturated rings. The smallest absolute Gasteiger partial charge is 0.119 e. The quantitative estimate of drug-likeness (QED) is 0.808. The number of fused-ring (bicyclic) bond motifs is 1. The van der Waals surface area contributed by atoms with Crippen LogP contribution in [-0.4, -0.2) is 36.2 Å². The number of rotatable bonds is 6. The second-order valence-corrected chi connectivity index (χ2v) is 6.98. The Morgan fingerprint density at radius 2 is 1.92 bits per heavy atom. The van der Waals surface area contributed by atoms with E-state index < -0.39 is 6.10 Å². The number of unbranched alkanes of at least 4 members (excludes halogenated alkanes) is 1. The third kappa shape index (κ3) is 4.42. The lowest BCUT2D eigenvalue weighted by Crippen LogP contribution is -2.37. The molecule has 2 aromatic carbocycles. The van der Waals surface area contributed by atoms with Crippen molar-refractivity contribution in [1.29, 1.82) is 0 Å². The molecule has 1 N–H and O–H groups in total. The number of aliphatic hydroxyl groups excluding tert-OH is 1. The summed E-state index contributed by atoms with van der Waals surface area (Å²) in [6.07, 6.45) is 4.00. The minimum atomic E-state index is -0.433. The first kappa shape index (κ1) is 18.0. The van der Waals surface area contributed by atoms with Crippen LogP contribution in [0, 0.1) is 0 Å². The van der Waals surface area contributed by atoms with Crippen molar-refractivity contribution < 1.29 is 9.84 Å². The highest BCUT2D eigenvalue weighted by Gasteiger charge is 2.28. The number of benzene rings is 2. The number of methoxy groups -OCH3 is 1. The van der Waals surface area contributed by atoms with Crippen molar-refractivity contribution in [3.8, 4) is 5.75 Å². The van der Waals surface area contributed by atoms with Crippen molar-refractivity contribution in [1.82, 2.24) is 4.90 Å². The van der Waals surface area contributed by atoms with E-state index in [4.69, 9.17) is 4.74 Å². The third-order valence-electron chi connectivity index (χ3n) is 5.37. The molecule has 1 aliphatic rings. The predicted molar refractivity (Wildman–Crippen MR) is 102 cm³/mol. The molecule has 2 unspecified atom stereocenters. The topological polar surface area (TPSA) is 32.7 Å². The first-order valence-electron chi connectivity index (χ1n) is 9.32. The molecule has 134 valence electrons. The number of aryl methyl sites for hydroxylation is 1. The van der Waals surface area contributed by atoms with E-state index in [9.17, 15) is 5.11 Å². The van der Waals surface area contributed by atoms with Crippen LogP contribution in [0.15, 0.2) is 48.5 Å². The Hall–Kier alpha value is -1.84. The molecule has 3 nitrogen and oxygen atoms in total. The summed E-state index contributed by atoms with van der Waals surface area (Å²) in [6, 6.07) is 16.9. The van der Waals surface area contributed by atoms with Gasteiger partial charge in [-0.25, -0.2) is 0 Å². The fourth-order valence-electron chi connectivity index (χ4n) is 3.75. The summed E-state index contributed by atoms with van der Waals surface area (Å²) in [5.41, 5.74) is 3.68. The maximum Gasteiger partial charge on any atom is 0.119 e. The van der Waals surface area contributed by atoms with Gasteiger partial charge in [-0.05, 0) is 68.0 Å². The van der Waals surface area contributed by atoms with Gasteiger partial charge in [-0.2, -0.15) is 0 Å². The monoisotopic (exact) mass is 339 g/mol. The van der Waals surface area contributed by atoms with Gasteiger partial charge in [-0.15, -0.1) is 0 Å². The maximum absolute atomic E-state index is 10.8. The van der Waals surface area contributed by atoms with Crippen LogP contribution in [0.25, 0.3) is 0 Å². The van der Waals surface area contributed by atoms with E-state index in [-0.39, 0.29) is 6.04 Å². The first-order valence-corrected chi connectivity index (χ1v) is 9.32. The van der Waals surface area contributed by atoms with Crippen LogP contribution in [0.5, 0.6) is 5.75 Å². The second-order valence-electron chi connectivity index (χ2n) is 6.98. The molecular formula is C22H29NO2. The summed E-state index contributed by atoms with van der Waals surface area (Å²) >= 11 is 0. The fraction of sp³-hybridized carbons (Fsp3) is 0.455. The third-order valence-corrected chi connectivity index (χ3v) is 5.37. The number of aliphatic hydroxyl groups is 1. The predicted octanol–water partition coefficient (Wildman–Crippen LogP) is 4.00. The molecule has 0 spiro atoms. The van der Waals surface area contributed by atoms with Crippen molar-refractivity contribution >= 4 is 0 Å². The Morgan fingerprint density at radius 3 is 2.68 bits per heavy atom. The molecule has 0 aromatic heterocycles. The summed E-state index contributed by atoms with van der Waals surface area (Å²) in [7, 11) is 1.69. The Bertz CT molecular complexity index is 671. The average Bonchev–Trinajstić information content (AvgIpc) is 2.77. The van der Waals surface area contributed by atoms with Gasteiger partial charge in [-0.1, -0.05) is 36.4 Å². The van der Waals surface area contributed by atoms with Crippen LogP contribution >= 0.6 is 0 Å². The Morgan fingerprint density at radius 1 is 1.12 bits per heavy atom. The van der Waals surface area contributed by atoms with Gasteiger partial charge in [0.25, 0.3) is 0 Å². The number of hydrogen-bond acceptors (Lipinski definition) is 3. The number of ether oxygens (including phenoxy) is 1. The van der Waals surface area contributed by atoms with Crippen LogP contribution < -0.4 is 4.74 Å². The minimum Gasteiger partial charge on any atom is -0.497 e. The summed E-state index contributed by atoms with van der Waals surface area (Å²) in [4.78, 5) is 2.43. The zero-order valence-electron chi connectivity index (χ0n) is 15.3. The van der Waals surface area contributed by atoms with Gasteiger partial charge in [0, 0.05) is 12.6 Å². The van der Waals surface area contributed by atoms with Crippen molar-refractivity contribution in [2.75, 3.05) is 20.2 Å². The molecule has 1 heterocycles. The van der Waals surface area contributed by atoms with E-state index in [0.717, 1.165) is 43.7 Å². The second kappa shape index (κ2) is 8.50. The molecule has 2 atom stereocenters. The summed E-state index contributed by atoms with van der Waals surface area (Å²) in [5.74, 6) is 0.870. The Kier molecular flexibility index (Phi) is 6.11. The highest BCUT2D eigenvalue weighted by atomic mass is 16.5. The minimum absolute atomic E-state index is 0.145. The van der Waals surface area contributed by atoms with E-state index in [2.05, 4.69) is 48.2 Å².